The summed E-state index contributed by atoms with van der Waals surface area (Å²) in [6.07, 6.45) is 2.79. The third-order valence-electron chi connectivity index (χ3n) is 4.13. The molecule has 0 spiro atoms. The van der Waals surface area contributed by atoms with Gasteiger partial charge in [0.2, 0.25) is 5.91 Å². The van der Waals surface area contributed by atoms with Crippen LogP contribution in [0, 0.1) is 13.8 Å². The quantitative estimate of drug-likeness (QED) is 0.528. The summed E-state index contributed by atoms with van der Waals surface area (Å²) in [5, 5.41) is 6.46. The minimum Gasteiger partial charge on any atom is -0.494 e. The van der Waals surface area contributed by atoms with Crippen LogP contribution in [0.5, 0.6) is 5.75 Å². The highest BCUT2D eigenvalue weighted by Gasteiger charge is 2.08. The lowest BCUT2D eigenvalue weighted by atomic mass is 10.1. The number of ether oxygens (including phenoxy) is 1. The standard InChI is InChI=1S/C21H22ClN3O2S/c1-14-10-17(11-15(2)20(14)22)27-9-5-7-19(26)24-12-16-13-28-21(25-16)18-6-3-4-8-23-18/h3-4,6,8,10-11,13H,5,7,9,12H2,1-2H3,(H,24,26). The first-order valence-corrected chi connectivity index (χ1v) is 10.3. The second kappa shape index (κ2) is 9.66. The predicted molar refractivity (Wildman–Crippen MR) is 113 cm³/mol. The maximum atomic E-state index is 12.0. The Morgan fingerprint density at radius 3 is 2.75 bits per heavy atom. The molecule has 0 unspecified atom stereocenters. The highest BCUT2D eigenvalue weighted by Crippen LogP contribution is 2.26. The molecule has 146 valence electrons. The summed E-state index contributed by atoms with van der Waals surface area (Å²) in [5.41, 5.74) is 3.66. The van der Waals surface area contributed by atoms with E-state index >= 15 is 0 Å². The number of benzene rings is 1. The van der Waals surface area contributed by atoms with E-state index in [-0.39, 0.29) is 5.91 Å². The average molecular weight is 416 g/mol. The zero-order valence-corrected chi connectivity index (χ0v) is 17.4. The lowest BCUT2D eigenvalue weighted by molar-refractivity contribution is -0.121. The van der Waals surface area contributed by atoms with Gasteiger partial charge in [-0.2, -0.15) is 0 Å². The summed E-state index contributed by atoms with van der Waals surface area (Å²) in [7, 11) is 0. The first-order chi connectivity index (χ1) is 13.5. The Bertz CT molecular complexity index is 921. The molecule has 2 aromatic heterocycles. The molecule has 0 fully saturated rings. The normalized spacial score (nSPS) is 10.7. The third kappa shape index (κ3) is 5.53. The fourth-order valence-corrected chi connectivity index (χ4v) is 3.59. The molecule has 7 heteroatoms. The first-order valence-electron chi connectivity index (χ1n) is 9.05. The Morgan fingerprint density at radius 1 is 1.25 bits per heavy atom. The molecule has 5 nitrogen and oxygen atoms in total. The fourth-order valence-electron chi connectivity index (χ4n) is 2.68. The van der Waals surface area contributed by atoms with E-state index in [1.54, 1.807) is 6.20 Å². The summed E-state index contributed by atoms with van der Waals surface area (Å²) in [6, 6.07) is 9.55. The Labute approximate surface area is 173 Å². The molecule has 0 bridgehead atoms. The maximum Gasteiger partial charge on any atom is 0.220 e. The van der Waals surface area contributed by atoms with Crippen LogP contribution >= 0.6 is 22.9 Å². The third-order valence-corrected chi connectivity index (χ3v) is 5.64. The van der Waals surface area contributed by atoms with Crippen LogP contribution in [0.2, 0.25) is 5.02 Å². The number of carbonyl (C=O) groups excluding carboxylic acids is 1. The van der Waals surface area contributed by atoms with Gasteiger partial charge in [0.25, 0.3) is 0 Å². The SMILES string of the molecule is Cc1cc(OCCCC(=O)NCc2csc(-c3ccccn3)n2)cc(C)c1Cl. The molecule has 3 rings (SSSR count). The van der Waals surface area contributed by atoms with E-state index in [0.717, 1.165) is 38.3 Å². The number of nitrogens with one attached hydrogen (secondary N) is 1. The maximum absolute atomic E-state index is 12.0. The summed E-state index contributed by atoms with van der Waals surface area (Å²) < 4.78 is 5.73. The molecule has 1 aromatic carbocycles. The number of halogens is 1. The molecule has 0 aliphatic carbocycles. The Morgan fingerprint density at radius 2 is 2.04 bits per heavy atom. The van der Waals surface area contributed by atoms with Crippen molar-refractivity contribution in [2.45, 2.75) is 33.2 Å². The second-order valence-electron chi connectivity index (χ2n) is 6.46. The second-order valence-corrected chi connectivity index (χ2v) is 7.69. The molecule has 0 radical (unpaired) electrons. The van der Waals surface area contributed by atoms with Crippen LogP contribution < -0.4 is 10.1 Å². The zero-order chi connectivity index (χ0) is 19.9. The number of carbonyl (C=O) groups is 1. The van der Waals surface area contributed by atoms with Crippen molar-refractivity contribution in [3.63, 3.8) is 0 Å². The molecule has 0 atom stereocenters. The molecule has 0 saturated carbocycles. The van der Waals surface area contributed by atoms with E-state index in [4.69, 9.17) is 16.3 Å². The van der Waals surface area contributed by atoms with Gasteiger partial charge in [-0.3, -0.25) is 9.78 Å². The molecule has 1 amide bonds. The van der Waals surface area contributed by atoms with Gasteiger partial charge in [-0.15, -0.1) is 11.3 Å². The molecular weight excluding hydrogens is 394 g/mol. The largest absolute Gasteiger partial charge is 0.494 e. The first kappa shape index (κ1) is 20.3. The van der Waals surface area contributed by atoms with E-state index in [2.05, 4.69) is 15.3 Å². The highest BCUT2D eigenvalue weighted by atomic mass is 35.5. The van der Waals surface area contributed by atoms with Gasteiger partial charge in [0.15, 0.2) is 0 Å². The van der Waals surface area contributed by atoms with Crippen molar-refractivity contribution in [1.82, 2.24) is 15.3 Å². The lowest BCUT2D eigenvalue weighted by Crippen LogP contribution is -2.23. The number of rotatable bonds is 8. The van der Waals surface area contributed by atoms with Crippen LogP contribution in [0.25, 0.3) is 10.7 Å². The number of thiazole rings is 1. The van der Waals surface area contributed by atoms with Crippen LogP contribution in [0.1, 0.15) is 29.7 Å². The number of hydrogen-bond donors (Lipinski definition) is 1. The Balaban J connectivity index is 1.39. The van der Waals surface area contributed by atoms with E-state index in [9.17, 15) is 4.79 Å². The van der Waals surface area contributed by atoms with Gasteiger partial charge in [0, 0.05) is 23.0 Å². The Kier molecular flexibility index (Phi) is 7.01. The van der Waals surface area contributed by atoms with E-state index in [1.165, 1.54) is 11.3 Å². The van der Waals surface area contributed by atoms with Gasteiger partial charge in [0.1, 0.15) is 10.8 Å². The number of nitrogens with zero attached hydrogens (tertiary/aromatic N) is 2. The molecular formula is C21H22ClN3O2S. The van der Waals surface area contributed by atoms with Crippen LogP contribution in [0.4, 0.5) is 0 Å². The van der Waals surface area contributed by atoms with Crippen molar-refractivity contribution < 1.29 is 9.53 Å². The van der Waals surface area contributed by atoms with Crippen LogP contribution in [0.3, 0.4) is 0 Å². The molecule has 3 aromatic rings. The number of aryl methyl sites for hydroxylation is 2. The predicted octanol–water partition coefficient (Wildman–Crippen LogP) is 4.95. The van der Waals surface area contributed by atoms with Gasteiger partial charge < -0.3 is 10.1 Å². The van der Waals surface area contributed by atoms with Crippen molar-refractivity contribution in [2.75, 3.05) is 6.61 Å². The summed E-state index contributed by atoms with van der Waals surface area (Å²) in [6.45, 7) is 4.80. The summed E-state index contributed by atoms with van der Waals surface area (Å²) in [5.74, 6) is 0.767. The van der Waals surface area contributed by atoms with Crippen LogP contribution in [-0.2, 0) is 11.3 Å². The van der Waals surface area contributed by atoms with Crippen molar-refractivity contribution in [3.05, 3.63) is 63.8 Å². The minimum absolute atomic E-state index is 0.0144. The molecule has 28 heavy (non-hydrogen) atoms. The summed E-state index contributed by atoms with van der Waals surface area (Å²) in [4.78, 5) is 20.8. The van der Waals surface area contributed by atoms with Gasteiger partial charge >= 0.3 is 0 Å². The van der Waals surface area contributed by atoms with Crippen LogP contribution in [0.15, 0.2) is 41.9 Å². The van der Waals surface area contributed by atoms with E-state index in [1.807, 2.05) is 49.6 Å². The zero-order valence-electron chi connectivity index (χ0n) is 15.9. The van der Waals surface area contributed by atoms with E-state index < -0.39 is 0 Å². The number of aromatic nitrogens is 2. The van der Waals surface area contributed by atoms with Crippen molar-refractivity contribution in [1.29, 1.82) is 0 Å². The molecule has 0 saturated heterocycles. The molecule has 0 aliphatic heterocycles. The number of amides is 1. The van der Waals surface area contributed by atoms with E-state index in [0.29, 0.717) is 26.0 Å². The van der Waals surface area contributed by atoms with Crippen LogP contribution in [-0.4, -0.2) is 22.5 Å². The summed E-state index contributed by atoms with van der Waals surface area (Å²) >= 11 is 7.68. The van der Waals surface area contributed by atoms with Gasteiger partial charge in [-0.05, 0) is 55.7 Å². The average Bonchev–Trinajstić information content (AvgIpc) is 3.17. The molecule has 1 N–H and O–H groups in total. The smallest absolute Gasteiger partial charge is 0.220 e. The highest BCUT2D eigenvalue weighted by molar-refractivity contribution is 7.13. The number of pyridine rings is 1. The number of hydrogen-bond acceptors (Lipinski definition) is 5. The monoisotopic (exact) mass is 415 g/mol. The van der Waals surface area contributed by atoms with Crippen molar-refractivity contribution >= 4 is 28.8 Å². The van der Waals surface area contributed by atoms with Crippen molar-refractivity contribution in [2.24, 2.45) is 0 Å². The molecule has 0 aliphatic rings. The van der Waals surface area contributed by atoms with Gasteiger partial charge in [0.05, 0.1) is 24.5 Å². The van der Waals surface area contributed by atoms with Crippen molar-refractivity contribution in [3.8, 4) is 16.5 Å². The lowest BCUT2D eigenvalue weighted by Gasteiger charge is -2.10. The van der Waals surface area contributed by atoms with Gasteiger partial charge in [-0.1, -0.05) is 17.7 Å². The molecule has 2 heterocycles. The van der Waals surface area contributed by atoms with Gasteiger partial charge in [-0.25, -0.2) is 4.98 Å². The Hall–Kier alpha value is -2.44. The fraction of sp³-hybridized carbons (Fsp3) is 0.286. The minimum atomic E-state index is -0.0144. The topological polar surface area (TPSA) is 64.1 Å².